The highest BCUT2D eigenvalue weighted by Gasteiger charge is 2.23. The molecular formula is C21H27ClN4O3. The molecule has 2 aromatic rings. The van der Waals surface area contributed by atoms with Gasteiger partial charge in [-0.25, -0.2) is 4.68 Å². The third kappa shape index (κ3) is 6.05. The third-order valence-corrected chi connectivity index (χ3v) is 5.52. The summed E-state index contributed by atoms with van der Waals surface area (Å²) in [4.78, 5) is 26.8. The molecule has 1 fully saturated rings. The van der Waals surface area contributed by atoms with Crippen LogP contribution in [0.3, 0.4) is 0 Å². The number of halogens is 1. The van der Waals surface area contributed by atoms with Crippen molar-refractivity contribution in [3.05, 3.63) is 57.5 Å². The van der Waals surface area contributed by atoms with E-state index in [-0.39, 0.29) is 17.4 Å². The molecule has 29 heavy (non-hydrogen) atoms. The molecule has 1 atom stereocenters. The highest BCUT2D eigenvalue weighted by Crippen LogP contribution is 2.24. The predicted molar refractivity (Wildman–Crippen MR) is 113 cm³/mol. The summed E-state index contributed by atoms with van der Waals surface area (Å²) >= 11 is 6.14. The fourth-order valence-corrected chi connectivity index (χ4v) is 3.78. The number of piperidine rings is 1. The van der Waals surface area contributed by atoms with Crippen molar-refractivity contribution in [2.75, 3.05) is 31.7 Å². The molecule has 8 heteroatoms. The van der Waals surface area contributed by atoms with E-state index in [1.54, 1.807) is 19.4 Å². The molecule has 1 saturated heterocycles. The van der Waals surface area contributed by atoms with E-state index in [1.165, 1.54) is 4.68 Å². The van der Waals surface area contributed by atoms with E-state index in [2.05, 4.69) is 15.3 Å². The number of amides is 1. The first-order valence-electron chi connectivity index (χ1n) is 9.88. The number of hydrogen-bond acceptors (Lipinski definition) is 5. The van der Waals surface area contributed by atoms with E-state index >= 15 is 0 Å². The maximum atomic E-state index is 12.4. The van der Waals surface area contributed by atoms with Crippen molar-refractivity contribution >= 4 is 23.2 Å². The zero-order chi connectivity index (χ0) is 20.6. The monoisotopic (exact) mass is 418 g/mol. The van der Waals surface area contributed by atoms with Crippen LogP contribution in [0.15, 0.2) is 41.3 Å². The number of methoxy groups -OCH3 is 1. The van der Waals surface area contributed by atoms with Crippen LogP contribution in [-0.4, -0.2) is 42.5 Å². The number of nitrogens with one attached hydrogen (secondary N) is 1. The second-order valence-corrected chi connectivity index (χ2v) is 7.70. The largest absolute Gasteiger partial charge is 0.383 e. The Labute approximate surface area is 175 Å². The number of ether oxygens (including phenoxy) is 1. The van der Waals surface area contributed by atoms with Crippen LogP contribution >= 0.6 is 11.6 Å². The molecule has 1 unspecified atom stereocenters. The number of benzene rings is 1. The second kappa shape index (κ2) is 10.4. The molecule has 7 nitrogen and oxygen atoms in total. The van der Waals surface area contributed by atoms with Crippen molar-refractivity contribution in [3.63, 3.8) is 0 Å². The van der Waals surface area contributed by atoms with Gasteiger partial charge in [0.05, 0.1) is 25.0 Å². The van der Waals surface area contributed by atoms with Gasteiger partial charge in [-0.1, -0.05) is 29.8 Å². The molecule has 1 amide bonds. The SMILES string of the molecule is COCCn1ncc(N2CCCC(CC(=O)NCc3ccccc3Cl)C2)cc1=O. The molecule has 0 spiro atoms. The maximum absolute atomic E-state index is 12.4. The summed E-state index contributed by atoms with van der Waals surface area (Å²) in [5, 5.41) is 7.85. The minimum absolute atomic E-state index is 0.0184. The summed E-state index contributed by atoms with van der Waals surface area (Å²) in [5.74, 6) is 0.260. The average molecular weight is 419 g/mol. The number of hydrogen-bond donors (Lipinski definition) is 1. The molecular weight excluding hydrogens is 392 g/mol. The minimum atomic E-state index is -0.140. The van der Waals surface area contributed by atoms with Crippen LogP contribution < -0.4 is 15.8 Å². The zero-order valence-electron chi connectivity index (χ0n) is 16.6. The first kappa shape index (κ1) is 21.3. The fraction of sp³-hybridized carbons (Fsp3) is 0.476. The van der Waals surface area contributed by atoms with Crippen molar-refractivity contribution in [1.29, 1.82) is 0 Å². The number of aromatic nitrogens is 2. The van der Waals surface area contributed by atoms with E-state index in [1.807, 2.05) is 24.3 Å². The maximum Gasteiger partial charge on any atom is 0.268 e. The van der Waals surface area contributed by atoms with Gasteiger partial charge in [-0.05, 0) is 30.4 Å². The van der Waals surface area contributed by atoms with Crippen molar-refractivity contribution in [3.8, 4) is 0 Å². The Hall–Kier alpha value is -2.38. The smallest absolute Gasteiger partial charge is 0.268 e. The second-order valence-electron chi connectivity index (χ2n) is 7.29. The first-order chi connectivity index (χ1) is 14.1. The lowest BCUT2D eigenvalue weighted by Crippen LogP contribution is -2.39. The van der Waals surface area contributed by atoms with E-state index in [0.29, 0.717) is 31.1 Å². The summed E-state index contributed by atoms with van der Waals surface area (Å²) in [6.45, 7) is 2.91. The lowest BCUT2D eigenvalue weighted by molar-refractivity contribution is -0.122. The lowest BCUT2D eigenvalue weighted by atomic mass is 9.94. The van der Waals surface area contributed by atoms with Gasteiger partial charge < -0.3 is 15.0 Å². The van der Waals surface area contributed by atoms with Gasteiger partial charge in [0.15, 0.2) is 0 Å². The molecule has 3 rings (SSSR count). The Balaban J connectivity index is 1.53. The number of nitrogens with zero attached hydrogens (tertiary/aromatic N) is 3. The molecule has 156 valence electrons. The van der Waals surface area contributed by atoms with Gasteiger partial charge in [0, 0.05) is 44.3 Å². The van der Waals surface area contributed by atoms with Gasteiger partial charge in [-0.2, -0.15) is 5.10 Å². The molecule has 0 radical (unpaired) electrons. The van der Waals surface area contributed by atoms with Crippen molar-refractivity contribution in [2.45, 2.75) is 32.4 Å². The standard InChI is InChI=1S/C21H27ClN4O3/c1-29-10-9-26-21(28)12-18(14-24-26)25-8-4-5-16(15-25)11-20(27)23-13-17-6-2-3-7-19(17)22/h2-3,6-7,12,14,16H,4-5,8-11,13,15H2,1H3,(H,23,27). The van der Waals surface area contributed by atoms with Gasteiger partial charge in [0.1, 0.15) is 0 Å². The normalized spacial score (nSPS) is 16.6. The highest BCUT2D eigenvalue weighted by molar-refractivity contribution is 6.31. The molecule has 2 heterocycles. The Morgan fingerprint density at radius 2 is 2.21 bits per heavy atom. The van der Waals surface area contributed by atoms with E-state index in [9.17, 15) is 9.59 Å². The van der Waals surface area contributed by atoms with Crippen LogP contribution in [0, 0.1) is 5.92 Å². The van der Waals surface area contributed by atoms with Gasteiger partial charge in [0.2, 0.25) is 5.91 Å². The molecule has 0 bridgehead atoms. The molecule has 0 saturated carbocycles. The average Bonchev–Trinajstić information content (AvgIpc) is 2.72. The van der Waals surface area contributed by atoms with Crippen LogP contribution in [0.2, 0.25) is 5.02 Å². The minimum Gasteiger partial charge on any atom is -0.383 e. The van der Waals surface area contributed by atoms with Crippen LogP contribution in [0.4, 0.5) is 5.69 Å². The van der Waals surface area contributed by atoms with Gasteiger partial charge in [0.25, 0.3) is 5.56 Å². The van der Waals surface area contributed by atoms with Crippen LogP contribution in [0.5, 0.6) is 0 Å². The highest BCUT2D eigenvalue weighted by atomic mass is 35.5. The Bertz CT molecular complexity index is 886. The van der Waals surface area contributed by atoms with Crippen LogP contribution in [-0.2, 0) is 22.6 Å². The fourth-order valence-electron chi connectivity index (χ4n) is 3.58. The first-order valence-corrected chi connectivity index (χ1v) is 10.3. The third-order valence-electron chi connectivity index (χ3n) is 5.15. The summed E-state index contributed by atoms with van der Waals surface area (Å²) in [5.41, 5.74) is 1.58. The van der Waals surface area contributed by atoms with E-state index in [0.717, 1.165) is 37.2 Å². The quantitative estimate of drug-likeness (QED) is 0.712. The molecule has 1 aliphatic heterocycles. The van der Waals surface area contributed by atoms with Crippen LogP contribution in [0.1, 0.15) is 24.8 Å². The number of carbonyl (C=O) groups excluding carboxylic acids is 1. The summed E-state index contributed by atoms with van der Waals surface area (Å²) < 4.78 is 6.40. The summed E-state index contributed by atoms with van der Waals surface area (Å²) in [6.07, 6.45) is 4.15. The number of rotatable bonds is 8. The van der Waals surface area contributed by atoms with Crippen molar-refractivity contribution < 1.29 is 9.53 Å². The number of carbonyl (C=O) groups is 1. The van der Waals surface area contributed by atoms with E-state index < -0.39 is 0 Å². The van der Waals surface area contributed by atoms with Crippen LogP contribution in [0.25, 0.3) is 0 Å². The lowest BCUT2D eigenvalue weighted by Gasteiger charge is -2.34. The molecule has 1 aliphatic rings. The topological polar surface area (TPSA) is 76.5 Å². The van der Waals surface area contributed by atoms with Crippen molar-refractivity contribution in [1.82, 2.24) is 15.1 Å². The zero-order valence-corrected chi connectivity index (χ0v) is 17.4. The Morgan fingerprint density at radius 1 is 1.38 bits per heavy atom. The number of anilines is 1. The Morgan fingerprint density at radius 3 is 2.97 bits per heavy atom. The molecule has 1 aromatic carbocycles. The molecule has 1 aromatic heterocycles. The van der Waals surface area contributed by atoms with Gasteiger partial charge in [-0.3, -0.25) is 9.59 Å². The summed E-state index contributed by atoms with van der Waals surface area (Å²) in [6, 6.07) is 9.12. The Kier molecular flexibility index (Phi) is 7.66. The van der Waals surface area contributed by atoms with Gasteiger partial charge >= 0.3 is 0 Å². The molecule has 0 aliphatic carbocycles. The van der Waals surface area contributed by atoms with Crippen molar-refractivity contribution in [2.24, 2.45) is 5.92 Å². The molecule has 1 N–H and O–H groups in total. The van der Waals surface area contributed by atoms with E-state index in [4.69, 9.17) is 16.3 Å². The summed E-state index contributed by atoms with van der Waals surface area (Å²) in [7, 11) is 1.60. The van der Waals surface area contributed by atoms with Gasteiger partial charge in [-0.15, -0.1) is 0 Å². The predicted octanol–water partition coefficient (Wildman–Crippen LogP) is 2.47.